The molecule has 1 amide bonds. The average Bonchev–Trinajstić information content (AvgIpc) is 2.92. The molecule has 1 fully saturated rings. The minimum atomic E-state index is -0.129. The molecule has 6 heteroatoms. The zero-order chi connectivity index (χ0) is 18.5. The molecule has 26 heavy (non-hydrogen) atoms. The van der Waals surface area contributed by atoms with E-state index in [2.05, 4.69) is 0 Å². The topological polar surface area (TPSA) is 38.8 Å². The highest BCUT2D eigenvalue weighted by Gasteiger charge is 2.33. The second-order valence-electron chi connectivity index (χ2n) is 5.41. The number of ether oxygens (including phenoxy) is 2. The Labute approximate surface area is 162 Å². The Morgan fingerprint density at radius 3 is 2.42 bits per heavy atom. The molecule has 1 aliphatic rings. The minimum Gasteiger partial charge on any atom is -0.494 e. The molecule has 0 aromatic heterocycles. The quantitative estimate of drug-likeness (QED) is 0.523. The summed E-state index contributed by atoms with van der Waals surface area (Å²) in [6.07, 6.45) is 1.83. The van der Waals surface area contributed by atoms with Crippen LogP contribution in [0.25, 0.3) is 6.08 Å². The van der Waals surface area contributed by atoms with Gasteiger partial charge in [-0.25, -0.2) is 0 Å². The Morgan fingerprint density at radius 1 is 1.04 bits per heavy atom. The SMILES string of the molecule is CCOc1ccc(N2C(=O)/C(=C/c3ccccc3OCC)SC2=S)cc1. The third-order valence-corrected chi connectivity index (χ3v) is 5.01. The molecule has 3 rings (SSSR count). The number of nitrogens with zero attached hydrogens (tertiary/aromatic N) is 1. The molecule has 0 bridgehead atoms. The van der Waals surface area contributed by atoms with Crippen LogP contribution in [0, 0.1) is 0 Å². The Hall–Kier alpha value is -2.31. The summed E-state index contributed by atoms with van der Waals surface area (Å²) in [5.41, 5.74) is 1.60. The molecule has 0 N–H and O–H groups in total. The van der Waals surface area contributed by atoms with Crippen LogP contribution < -0.4 is 14.4 Å². The van der Waals surface area contributed by atoms with Gasteiger partial charge >= 0.3 is 0 Å². The third kappa shape index (κ3) is 3.92. The molecule has 0 atom stereocenters. The van der Waals surface area contributed by atoms with Crippen LogP contribution in [0.2, 0.25) is 0 Å². The number of amides is 1. The number of para-hydroxylation sites is 1. The smallest absolute Gasteiger partial charge is 0.270 e. The lowest BCUT2D eigenvalue weighted by Gasteiger charge is -2.15. The molecule has 0 unspecified atom stereocenters. The van der Waals surface area contributed by atoms with Gasteiger partial charge in [0.15, 0.2) is 4.32 Å². The molecule has 2 aromatic carbocycles. The summed E-state index contributed by atoms with van der Waals surface area (Å²) >= 11 is 6.72. The van der Waals surface area contributed by atoms with Crippen molar-refractivity contribution in [3.8, 4) is 11.5 Å². The number of carbonyl (C=O) groups excluding carboxylic acids is 1. The lowest BCUT2D eigenvalue weighted by atomic mass is 10.2. The third-order valence-electron chi connectivity index (χ3n) is 3.71. The first-order valence-corrected chi connectivity index (χ1v) is 9.59. The van der Waals surface area contributed by atoms with Crippen molar-refractivity contribution >= 4 is 46.0 Å². The standard InChI is InChI=1S/C20H19NO3S2/c1-3-23-16-11-9-15(10-12-16)21-19(22)18(26-20(21)25)13-14-7-5-6-8-17(14)24-4-2/h5-13H,3-4H2,1-2H3/b18-13-. The predicted octanol–water partition coefficient (Wildman–Crippen LogP) is 4.89. The minimum absolute atomic E-state index is 0.129. The van der Waals surface area contributed by atoms with Gasteiger partial charge < -0.3 is 9.47 Å². The summed E-state index contributed by atoms with van der Waals surface area (Å²) in [6, 6.07) is 15.0. The second kappa shape index (κ2) is 8.38. The predicted molar refractivity (Wildman–Crippen MR) is 111 cm³/mol. The van der Waals surface area contributed by atoms with Crippen molar-refractivity contribution in [2.24, 2.45) is 0 Å². The van der Waals surface area contributed by atoms with E-state index in [-0.39, 0.29) is 5.91 Å². The fourth-order valence-electron chi connectivity index (χ4n) is 2.58. The van der Waals surface area contributed by atoms with Crippen molar-refractivity contribution < 1.29 is 14.3 Å². The molecule has 2 aromatic rings. The van der Waals surface area contributed by atoms with Crippen LogP contribution in [0.15, 0.2) is 53.4 Å². The first-order valence-electron chi connectivity index (χ1n) is 8.36. The molecule has 1 heterocycles. The van der Waals surface area contributed by atoms with E-state index in [0.717, 1.165) is 22.7 Å². The van der Waals surface area contributed by atoms with E-state index in [9.17, 15) is 4.79 Å². The second-order valence-corrected chi connectivity index (χ2v) is 7.09. The zero-order valence-electron chi connectivity index (χ0n) is 14.6. The van der Waals surface area contributed by atoms with Crippen molar-refractivity contribution in [3.05, 3.63) is 59.0 Å². The largest absolute Gasteiger partial charge is 0.494 e. The maximum absolute atomic E-state index is 12.9. The van der Waals surface area contributed by atoms with Crippen molar-refractivity contribution in [1.82, 2.24) is 0 Å². The van der Waals surface area contributed by atoms with Gasteiger partial charge in [-0.2, -0.15) is 0 Å². The van der Waals surface area contributed by atoms with E-state index in [1.54, 1.807) is 4.90 Å². The lowest BCUT2D eigenvalue weighted by molar-refractivity contribution is -0.113. The van der Waals surface area contributed by atoms with E-state index >= 15 is 0 Å². The van der Waals surface area contributed by atoms with Crippen molar-refractivity contribution in [1.29, 1.82) is 0 Å². The van der Waals surface area contributed by atoms with Gasteiger partial charge in [0.1, 0.15) is 11.5 Å². The normalized spacial score (nSPS) is 15.6. The molecular weight excluding hydrogens is 366 g/mol. The number of thioether (sulfide) groups is 1. The van der Waals surface area contributed by atoms with E-state index in [1.807, 2.05) is 68.5 Å². The molecule has 1 aliphatic heterocycles. The summed E-state index contributed by atoms with van der Waals surface area (Å²) in [5, 5.41) is 0. The Kier molecular flexibility index (Phi) is 5.96. The van der Waals surface area contributed by atoms with Gasteiger partial charge in [-0.3, -0.25) is 9.69 Å². The van der Waals surface area contributed by atoms with Crippen LogP contribution >= 0.6 is 24.0 Å². The number of hydrogen-bond donors (Lipinski definition) is 0. The monoisotopic (exact) mass is 385 g/mol. The van der Waals surface area contributed by atoms with Crippen LogP contribution in [0.4, 0.5) is 5.69 Å². The van der Waals surface area contributed by atoms with Crippen molar-refractivity contribution in [3.63, 3.8) is 0 Å². The van der Waals surface area contributed by atoms with Gasteiger partial charge in [0.25, 0.3) is 5.91 Å². The highest BCUT2D eigenvalue weighted by Crippen LogP contribution is 2.37. The van der Waals surface area contributed by atoms with Crippen LogP contribution in [-0.2, 0) is 4.79 Å². The highest BCUT2D eigenvalue weighted by molar-refractivity contribution is 8.27. The number of thiocarbonyl (C=S) groups is 1. The fourth-order valence-corrected chi connectivity index (χ4v) is 3.87. The van der Waals surface area contributed by atoms with E-state index < -0.39 is 0 Å². The summed E-state index contributed by atoms with van der Waals surface area (Å²) in [6.45, 7) is 5.03. The summed E-state index contributed by atoms with van der Waals surface area (Å²) in [4.78, 5) is 15.0. The first-order chi connectivity index (χ1) is 12.6. The number of hydrogen-bond acceptors (Lipinski definition) is 5. The Balaban J connectivity index is 1.87. The number of carbonyl (C=O) groups is 1. The highest BCUT2D eigenvalue weighted by atomic mass is 32.2. The zero-order valence-corrected chi connectivity index (χ0v) is 16.2. The van der Waals surface area contributed by atoms with Crippen molar-refractivity contribution in [2.75, 3.05) is 18.1 Å². The van der Waals surface area contributed by atoms with Gasteiger partial charge in [-0.05, 0) is 50.3 Å². The van der Waals surface area contributed by atoms with E-state index in [1.165, 1.54) is 11.8 Å². The van der Waals surface area contributed by atoms with Gasteiger partial charge in [-0.1, -0.05) is 42.2 Å². The molecule has 134 valence electrons. The lowest BCUT2D eigenvalue weighted by Crippen LogP contribution is -2.27. The van der Waals surface area contributed by atoms with Crippen molar-refractivity contribution in [2.45, 2.75) is 13.8 Å². The molecule has 4 nitrogen and oxygen atoms in total. The molecule has 0 aliphatic carbocycles. The molecular formula is C20H19NO3S2. The Bertz CT molecular complexity index is 846. The van der Waals surface area contributed by atoms with Crippen LogP contribution in [-0.4, -0.2) is 23.4 Å². The molecule has 0 saturated carbocycles. The summed E-state index contributed by atoms with van der Waals surface area (Å²) in [7, 11) is 0. The maximum Gasteiger partial charge on any atom is 0.270 e. The molecule has 0 radical (unpaired) electrons. The first kappa shape index (κ1) is 18.5. The van der Waals surface area contributed by atoms with Gasteiger partial charge in [0.2, 0.25) is 0 Å². The summed E-state index contributed by atoms with van der Waals surface area (Å²) in [5.74, 6) is 1.39. The maximum atomic E-state index is 12.9. The van der Waals surface area contributed by atoms with Crippen LogP contribution in [0.5, 0.6) is 11.5 Å². The van der Waals surface area contributed by atoms with E-state index in [0.29, 0.717) is 22.4 Å². The number of benzene rings is 2. The van der Waals surface area contributed by atoms with E-state index in [4.69, 9.17) is 21.7 Å². The molecule has 1 saturated heterocycles. The Morgan fingerprint density at radius 2 is 1.73 bits per heavy atom. The van der Waals surface area contributed by atoms with Gasteiger partial charge in [-0.15, -0.1) is 0 Å². The van der Waals surface area contributed by atoms with Gasteiger partial charge in [0, 0.05) is 5.56 Å². The number of rotatable bonds is 6. The van der Waals surface area contributed by atoms with Gasteiger partial charge in [0.05, 0.1) is 23.8 Å². The van der Waals surface area contributed by atoms with Crippen LogP contribution in [0.3, 0.4) is 0 Å². The number of anilines is 1. The fraction of sp³-hybridized carbons (Fsp3) is 0.200. The molecule has 0 spiro atoms. The average molecular weight is 386 g/mol. The summed E-state index contributed by atoms with van der Waals surface area (Å²) < 4.78 is 11.6. The van der Waals surface area contributed by atoms with Crippen LogP contribution in [0.1, 0.15) is 19.4 Å².